The van der Waals surface area contributed by atoms with Crippen LogP contribution in [-0.4, -0.2) is 39.7 Å². The van der Waals surface area contributed by atoms with Gasteiger partial charge in [0.2, 0.25) is 0 Å². The number of aromatic nitrogens is 1. The van der Waals surface area contributed by atoms with Crippen molar-refractivity contribution in [2.45, 2.75) is 45.1 Å². The number of imide groups is 1. The quantitative estimate of drug-likeness (QED) is 0.591. The molecule has 2 fully saturated rings. The van der Waals surface area contributed by atoms with E-state index in [4.69, 9.17) is 4.74 Å². The van der Waals surface area contributed by atoms with Crippen molar-refractivity contribution in [1.82, 2.24) is 9.47 Å². The second-order valence-corrected chi connectivity index (χ2v) is 7.25. The van der Waals surface area contributed by atoms with E-state index in [9.17, 15) is 14.4 Å². The van der Waals surface area contributed by atoms with Crippen LogP contribution in [0.1, 0.15) is 50.6 Å². The van der Waals surface area contributed by atoms with Crippen LogP contribution in [0.5, 0.6) is 0 Å². The third kappa shape index (κ3) is 4.15. The number of rotatable bonds is 5. The van der Waals surface area contributed by atoms with Crippen LogP contribution in [0.3, 0.4) is 0 Å². The maximum absolute atomic E-state index is 12.4. The molecule has 6 nitrogen and oxygen atoms in total. The summed E-state index contributed by atoms with van der Waals surface area (Å²) in [6.45, 7) is 1.57. The van der Waals surface area contributed by atoms with Crippen LogP contribution in [0, 0.1) is 0 Å². The average molecular weight is 362 g/mol. The Balaban J connectivity index is 1.69. The molecule has 1 saturated heterocycles. The van der Waals surface area contributed by atoms with Crippen LogP contribution in [0.25, 0.3) is 6.08 Å². The maximum atomic E-state index is 12.4. The van der Waals surface area contributed by atoms with Crippen LogP contribution < -0.4 is 0 Å². The van der Waals surface area contributed by atoms with Crippen LogP contribution in [0.2, 0.25) is 0 Å². The summed E-state index contributed by atoms with van der Waals surface area (Å²) in [4.78, 5) is 37.2. The molecule has 1 aliphatic carbocycles. The highest BCUT2D eigenvalue weighted by atomic mass is 32.2. The molecule has 1 aromatic rings. The number of thioether (sulfide) groups is 1. The van der Waals surface area contributed by atoms with Crippen molar-refractivity contribution in [2.75, 3.05) is 13.2 Å². The van der Waals surface area contributed by atoms with Gasteiger partial charge in [0.1, 0.15) is 6.54 Å². The first-order valence-electron chi connectivity index (χ1n) is 8.67. The van der Waals surface area contributed by atoms with E-state index >= 15 is 0 Å². The predicted octanol–water partition coefficient (Wildman–Crippen LogP) is 3.59. The van der Waals surface area contributed by atoms with Crippen molar-refractivity contribution >= 4 is 35.0 Å². The van der Waals surface area contributed by atoms with Gasteiger partial charge in [-0.25, -0.2) is 0 Å². The minimum Gasteiger partial charge on any atom is -0.465 e. The van der Waals surface area contributed by atoms with Crippen molar-refractivity contribution in [1.29, 1.82) is 0 Å². The Bertz CT molecular complexity index is 704. The van der Waals surface area contributed by atoms with Gasteiger partial charge >= 0.3 is 5.97 Å². The predicted molar refractivity (Wildman–Crippen MR) is 95.9 cm³/mol. The van der Waals surface area contributed by atoms with Crippen molar-refractivity contribution in [3.8, 4) is 0 Å². The molecular formula is C18H22N2O4S. The summed E-state index contributed by atoms with van der Waals surface area (Å²) in [5.74, 6) is -1.01. The molecular weight excluding hydrogens is 340 g/mol. The molecule has 2 amide bonds. The Labute approximate surface area is 151 Å². The first-order chi connectivity index (χ1) is 12.1. The van der Waals surface area contributed by atoms with Gasteiger partial charge in [-0.3, -0.25) is 19.3 Å². The molecule has 0 aromatic carbocycles. The van der Waals surface area contributed by atoms with E-state index in [0.717, 1.165) is 22.2 Å². The van der Waals surface area contributed by atoms with Gasteiger partial charge in [0, 0.05) is 18.4 Å². The first kappa shape index (κ1) is 17.8. The molecule has 3 rings (SSSR count). The van der Waals surface area contributed by atoms with Crippen molar-refractivity contribution < 1.29 is 19.1 Å². The van der Waals surface area contributed by atoms with E-state index in [1.807, 2.05) is 18.5 Å². The Morgan fingerprint density at radius 1 is 1.32 bits per heavy atom. The minimum atomic E-state index is -0.575. The third-order valence-corrected chi connectivity index (χ3v) is 5.40. The van der Waals surface area contributed by atoms with Crippen LogP contribution >= 0.6 is 11.8 Å². The lowest BCUT2D eigenvalue weighted by Crippen LogP contribution is -2.34. The zero-order chi connectivity index (χ0) is 17.8. The van der Waals surface area contributed by atoms with E-state index in [1.165, 1.54) is 32.1 Å². The summed E-state index contributed by atoms with van der Waals surface area (Å²) in [5, 5.41) is -0.434. The number of amides is 2. The van der Waals surface area contributed by atoms with E-state index < -0.39 is 17.1 Å². The van der Waals surface area contributed by atoms with E-state index in [1.54, 1.807) is 13.0 Å². The molecule has 2 aliphatic rings. The lowest BCUT2D eigenvalue weighted by Gasteiger charge is -2.23. The molecule has 134 valence electrons. The number of hydrogen-bond donors (Lipinski definition) is 0. The SMILES string of the molecule is CCOC(=O)CN1C(=O)S/C(=C\c2ccn(C3CCCCC3)c2)C1=O. The zero-order valence-electron chi connectivity index (χ0n) is 14.3. The maximum Gasteiger partial charge on any atom is 0.326 e. The minimum absolute atomic E-state index is 0.222. The van der Waals surface area contributed by atoms with Crippen molar-refractivity contribution in [3.05, 3.63) is 28.9 Å². The lowest BCUT2D eigenvalue weighted by atomic mass is 9.95. The third-order valence-electron chi connectivity index (χ3n) is 4.50. The van der Waals surface area contributed by atoms with Crippen molar-refractivity contribution in [2.24, 2.45) is 0 Å². The molecule has 0 atom stereocenters. The smallest absolute Gasteiger partial charge is 0.326 e. The summed E-state index contributed by atoms with van der Waals surface area (Å²) in [5.41, 5.74) is 0.896. The van der Waals surface area contributed by atoms with E-state index in [-0.39, 0.29) is 13.2 Å². The van der Waals surface area contributed by atoms with Gasteiger partial charge in [-0.2, -0.15) is 0 Å². The fourth-order valence-electron chi connectivity index (χ4n) is 3.25. The van der Waals surface area contributed by atoms with E-state index in [0.29, 0.717) is 10.9 Å². The molecule has 0 unspecified atom stereocenters. The zero-order valence-corrected chi connectivity index (χ0v) is 15.1. The molecule has 1 saturated carbocycles. The normalized spacial score (nSPS) is 20.5. The van der Waals surface area contributed by atoms with Gasteiger partial charge in [-0.1, -0.05) is 19.3 Å². The number of hydrogen-bond acceptors (Lipinski definition) is 5. The summed E-state index contributed by atoms with van der Waals surface area (Å²) in [6.07, 6.45) is 12.0. The number of ether oxygens (including phenoxy) is 1. The Kier molecular flexibility index (Phi) is 5.63. The Hall–Kier alpha value is -2.02. The highest BCUT2D eigenvalue weighted by Crippen LogP contribution is 2.33. The lowest BCUT2D eigenvalue weighted by molar-refractivity contribution is -0.145. The summed E-state index contributed by atoms with van der Waals surface area (Å²) >= 11 is 0.863. The molecule has 0 spiro atoms. The number of carbonyl (C=O) groups excluding carboxylic acids is 3. The van der Waals surface area contributed by atoms with Gasteiger partial charge in [0.15, 0.2) is 0 Å². The molecule has 2 heterocycles. The largest absolute Gasteiger partial charge is 0.465 e. The molecule has 1 aliphatic heterocycles. The molecule has 7 heteroatoms. The summed E-state index contributed by atoms with van der Waals surface area (Å²) < 4.78 is 7.01. The monoisotopic (exact) mass is 362 g/mol. The summed E-state index contributed by atoms with van der Waals surface area (Å²) in [7, 11) is 0. The van der Waals surface area contributed by atoms with Crippen LogP contribution in [0.4, 0.5) is 4.79 Å². The van der Waals surface area contributed by atoms with Gasteiger partial charge in [-0.05, 0) is 49.2 Å². The van der Waals surface area contributed by atoms with Gasteiger partial charge in [0.05, 0.1) is 11.5 Å². The molecule has 1 aromatic heterocycles. The second kappa shape index (κ2) is 7.91. The number of nitrogens with zero attached hydrogens (tertiary/aromatic N) is 2. The molecule has 0 radical (unpaired) electrons. The van der Waals surface area contributed by atoms with Gasteiger partial charge in [0.25, 0.3) is 11.1 Å². The number of esters is 1. The Morgan fingerprint density at radius 2 is 2.08 bits per heavy atom. The van der Waals surface area contributed by atoms with E-state index in [2.05, 4.69) is 4.57 Å². The summed E-state index contributed by atoms with van der Waals surface area (Å²) in [6, 6.07) is 2.48. The molecule has 25 heavy (non-hydrogen) atoms. The molecule has 0 N–H and O–H groups in total. The number of carbonyl (C=O) groups is 3. The van der Waals surface area contributed by atoms with Crippen molar-refractivity contribution in [3.63, 3.8) is 0 Å². The molecule has 0 bridgehead atoms. The Morgan fingerprint density at radius 3 is 2.80 bits per heavy atom. The average Bonchev–Trinajstić information content (AvgIpc) is 3.17. The van der Waals surface area contributed by atoms with Gasteiger partial charge < -0.3 is 9.30 Å². The fourth-order valence-corrected chi connectivity index (χ4v) is 4.08. The second-order valence-electron chi connectivity index (χ2n) is 6.26. The fraction of sp³-hybridized carbons (Fsp3) is 0.500. The van der Waals surface area contributed by atoms with Crippen LogP contribution in [0.15, 0.2) is 23.4 Å². The topological polar surface area (TPSA) is 68.6 Å². The van der Waals surface area contributed by atoms with Gasteiger partial charge in [-0.15, -0.1) is 0 Å². The first-order valence-corrected chi connectivity index (χ1v) is 9.48. The van der Waals surface area contributed by atoms with Crippen LogP contribution in [-0.2, 0) is 14.3 Å². The highest BCUT2D eigenvalue weighted by molar-refractivity contribution is 8.18. The standard InChI is InChI=1S/C18H22N2O4S/c1-2-24-16(21)12-20-17(22)15(25-18(20)23)10-13-8-9-19(11-13)14-6-4-3-5-7-14/h8-11,14H,2-7,12H2,1H3/b15-10-. The highest BCUT2D eigenvalue weighted by Gasteiger charge is 2.36.